The summed E-state index contributed by atoms with van der Waals surface area (Å²) in [4.78, 5) is 25.0. The molecule has 0 saturated carbocycles. The summed E-state index contributed by atoms with van der Waals surface area (Å²) in [5, 5.41) is 13.4. The monoisotopic (exact) mass is 255 g/mol. The van der Waals surface area contributed by atoms with E-state index in [9.17, 15) is 14.9 Å². The Morgan fingerprint density at radius 2 is 2.33 bits per heavy atom. The molecule has 0 radical (unpaired) electrons. The number of carbonyl (C=O) groups excluding carboxylic acids is 1. The molecule has 1 rings (SSSR count). The minimum Gasteiger partial charge on any atom is -0.469 e. The predicted molar refractivity (Wildman–Crippen MR) is 63.8 cm³/mol. The van der Waals surface area contributed by atoms with Crippen molar-refractivity contribution in [3.05, 3.63) is 22.2 Å². The zero-order valence-corrected chi connectivity index (χ0v) is 9.67. The second kappa shape index (κ2) is 6.35. The molecule has 1 heterocycles. The number of methoxy groups -OCH3 is 1. The number of ether oxygens (including phenoxy) is 1. The number of nitrogens with one attached hydrogen (secondary N) is 2. The van der Waals surface area contributed by atoms with Crippen LogP contribution < -0.4 is 16.6 Å². The SMILES string of the molecule is COC(=O)CCNc1nc(NN)ccc1[N+](=O)[O-]. The summed E-state index contributed by atoms with van der Waals surface area (Å²) in [6.45, 7) is 0.175. The van der Waals surface area contributed by atoms with Crippen LogP contribution in [0.1, 0.15) is 6.42 Å². The Labute approximate surface area is 102 Å². The first-order valence-electron chi connectivity index (χ1n) is 5.01. The third-order valence-corrected chi connectivity index (χ3v) is 2.07. The largest absolute Gasteiger partial charge is 0.469 e. The minimum atomic E-state index is -0.576. The lowest BCUT2D eigenvalue weighted by molar-refractivity contribution is -0.384. The normalized spacial score (nSPS) is 9.67. The molecule has 0 spiro atoms. The first-order valence-corrected chi connectivity index (χ1v) is 5.01. The maximum absolute atomic E-state index is 10.9. The zero-order chi connectivity index (χ0) is 13.5. The van der Waals surface area contributed by atoms with E-state index < -0.39 is 10.9 Å². The highest BCUT2D eigenvalue weighted by atomic mass is 16.6. The molecule has 0 fully saturated rings. The van der Waals surface area contributed by atoms with Crippen LogP contribution in [0.25, 0.3) is 0 Å². The average molecular weight is 255 g/mol. The van der Waals surface area contributed by atoms with Crippen molar-refractivity contribution in [1.29, 1.82) is 0 Å². The van der Waals surface area contributed by atoms with Gasteiger partial charge in [-0.25, -0.2) is 10.8 Å². The van der Waals surface area contributed by atoms with Crippen molar-refractivity contribution in [2.75, 3.05) is 24.4 Å². The summed E-state index contributed by atoms with van der Waals surface area (Å²) >= 11 is 0. The quantitative estimate of drug-likeness (QED) is 0.285. The number of carbonyl (C=O) groups is 1. The molecule has 0 bridgehead atoms. The van der Waals surface area contributed by atoms with Crippen molar-refractivity contribution in [1.82, 2.24) is 4.98 Å². The summed E-state index contributed by atoms with van der Waals surface area (Å²) < 4.78 is 4.45. The molecule has 0 amide bonds. The van der Waals surface area contributed by atoms with E-state index in [0.29, 0.717) is 0 Å². The summed E-state index contributed by atoms with van der Waals surface area (Å²) in [6, 6.07) is 2.65. The Hall–Kier alpha value is -2.42. The van der Waals surface area contributed by atoms with Gasteiger partial charge in [-0.3, -0.25) is 14.9 Å². The van der Waals surface area contributed by atoms with Gasteiger partial charge in [0.15, 0.2) is 0 Å². The number of nitrogens with zero attached hydrogens (tertiary/aromatic N) is 2. The molecular weight excluding hydrogens is 242 g/mol. The van der Waals surface area contributed by atoms with Crippen LogP contribution >= 0.6 is 0 Å². The number of hydrazine groups is 1. The van der Waals surface area contributed by atoms with E-state index in [1.54, 1.807) is 0 Å². The number of nitrogen functional groups attached to an aromatic ring is 1. The smallest absolute Gasteiger partial charge is 0.311 e. The van der Waals surface area contributed by atoms with E-state index in [0.717, 1.165) is 0 Å². The van der Waals surface area contributed by atoms with Crippen molar-refractivity contribution in [3.63, 3.8) is 0 Å². The van der Waals surface area contributed by atoms with E-state index in [1.165, 1.54) is 19.2 Å². The lowest BCUT2D eigenvalue weighted by Crippen LogP contribution is -2.14. The number of hydrogen-bond acceptors (Lipinski definition) is 8. The third kappa shape index (κ3) is 3.56. The van der Waals surface area contributed by atoms with Crippen LogP contribution in [0.5, 0.6) is 0 Å². The van der Waals surface area contributed by atoms with Gasteiger partial charge in [0.05, 0.1) is 18.5 Å². The topological polar surface area (TPSA) is 132 Å². The minimum absolute atomic E-state index is 0.0411. The van der Waals surface area contributed by atoms with Crippen LogP contribution in [-0.4, -0.2) is 29.5 Å². The molecular formula is C9H13N5O4. The first-order chi connectivity index (χ1) is 8.58. The second-order valence-electron chi connectivity index (χ2n) is 3.22. The van der Waals surface area contributed by atoms with Crippen LogP contribution in [0, 0.1) is 10.1 Å². The molecule has 0 unspecified atom stereocenters. The van der Waals surface area contributed by atoms with Gasteiger partial charge in [0.25, 0.3) is 0 Å². The molecule has 4 N–H and O–H groups in total. The van der Waals surface area contributed by atoms with E-state index in [2.05, 4.69) is 20.5 Å². The van der Waals surface area contributed by atoms with Crippen molar-refractivity contribution in [3.8, 4) is 0 Å². The molecule has 1 aromatic heterocycles. The fraction of sp³-hybridized carbons (Fsp3) is 0.333. The van der Waals surface area contributed by atoms with Gasteiger partial charge in [-0.1, -0.05) is 0 Å². The highest BCUT2D eigenvalue weighted by Crippen LogP contribution is 2.23. The maximum atomic E-state index is 10.9. The predicted octanol–water partition coefficient (Wildman–Crippen LogP) is 0.250. The summed E-state index contributed by atoms with van der Waals surface area (Å²) in [7, 11) is 1.27. The Morgan fingerprint density at radius 3 is 2.89 bits per heavy atom. The number of hydrogen-bond donors (Lipinski definition) is 3. The Morgan fingerprint density at radius 1 is 1.61 bits per heavy atom. The van der Waals surface area contributed by atoms with Gasteiger partial charge in [-0.05, 0) is 6.07 Å². The molecule has 98 valence electrons. The fourth-order valence-corrected chi connectivity index (χ4v) is 1.19. The van der Waals surface area contributed by atoms with Crippen molar-refractivity contribution in [2.45, 2.75) is 6.42 Å². The van der Waals surface area contributed by atoms with Crippen LogP contribution in [0.2, 0.25) is 0 Å². The number of anilines is 2. The van der Waals surface area contributed by atoms with Crippen molar-refractivity contribution < 1.29 is 14.5 Å². The van der Waals surface area contributed by atoms with Gasteiger partial charge < -0.3 is 15.5 Å². The average Bonchev–Trinajstić information content (AvgIpc) is 2.37. The van der Waals surface area contributed by atoms with Crippen LogP contribution in [-0.2, 0) is 9.53 Å². The summed E-state index contributed by atoms with van der Waals surface area (Å²) in [5.41, 5.74) is 2.08. The van der Waals surface area contributed by atoms with Gasteiger partial charge >= 0.3 is 11.7 Å². The van der Waals surface area contributed by atoms with E-state index in [4.69, 9.17) is 5.84 Å². The third-order valence-electron chi connectivity index (χ3n) is 2.07. The van der Waals surface area contributed by atoms with Crippen molar-refractivity contribution >= 4 is 23.3 Å². The van der Waals surface area contributed by atoms with Gasteiger partial charge in [0.1, 0.15) is 5.82 Å². The molecule has 9 heteroatoms. The molecule has 0 aromatic carbocycles. The fourth-order valence-electron chi connectivity index (χ4n) is 1.19. The second-order valence-corrected chi connectivity index (χ2v) is 3.22. The van der Waals surface area contributed by atoms with Crippen molar-refractivity contribution in [2.24, 2.45) is 5.84 Å². The summed E-state index contributed by atoms with van der Waals surface area (Å²) in [5.74, 6) is 5.06. The molecule has 1 aromatic rings. The number of nitrogens with two attached hydrogens (primary N) is 1. The zero-order valence-electron chi connectivity index (χ0n) is 9.67. The molecule has 9 nitrogen and oxygen atoms in total. The molecule has 0 aliphatic rings. The highest BCUT2D eigenvalue weighted by Gasteiger charge is 2.15. The molecule has 0 atom stereocenters. The first kappa shape index (κ1) is 13.6. The van der Waals surface area contributed by atoms with Gasteiger partial charge in [-0.15, -0.1) is 0 Å². The van der Waals surface area contributed by atoms with Gasteiger partial charge in [-0.2, -0.15) is 0 Å². The lowest BCUT2D eigenvalue weighted by atomic mass is 10.3. The Kier molecular flexibility index (Phi) is 4.81. The van der Waals surface area contributed by atoms with Gasteiger partial charge in [0, 0.05) is 12.6 Å². The Balaban J connectivity index is 2.78. The summed E-state index contributed by atoms with van der Waals surface area (Å²) in [6.07, 6.45) is 0.0790. The molecule has 0 saturated heterocycles. The molecule has 0 aliphatic heterocycles. The van der Waals surface area contributed by atoms with E-state index in [1.807, 2.05) is 0 Å². The number of pyridine rings is 1. The van der Waals surface area contributed by atoms with E-state index in [-0.39, 0.29) is 30.3 Å². The standard InChI is InChI=1S/C9H13N5O4/c1-18-8(15)4-5-11-9-6(14(16)17)2-3-7(12-9)13-10/h2-3H,4-5,10H2,1H3,(H2,11,12,13). The maximum Gasteiger partial charge on any atom is 0.311 e. The van der Waals surface area contributed by atoms with Gasteiger partial charge in [0.2, 0.25) is 5.82 Å². The van der Waals surface area contributed by atoms with E-state index >= 15 is 0 Å². The number of nitro groups is 1. The highest BCUT2D eigenvalue weighted by molar-refractivity contribution is 5.70. The molecule has 0 aliphatic carbocycles. The Bertz CT molecular complexity index is 451. The lowest BCUT2D eigenvalue weighted by Gasteiger charge is -2.07. The van der Waals surface area contributed by atoms with Crippen LogP contribution in [0.15, 0.2) is 12.1 Å². The number of rotatable bonds is 6. The van der Waals surface area contributed by atoms with Crippen LogP contribution in [0.3, 0.4) is 0 Å². The van der Waals surface area contributed by atoms with Crippen LogP contribution in [0.4, 0.5) is 17.3 Å². The number of aromatic nitrogens is 1. The molecule has 18 heavy (non-hydrogen) atoms. The number of esters is 1.